The molecule has 1 aliphatic rings. The van der Waals surface area contributed by atoms with Gasteiger partial charge in [0.1, 0.15) is 17.7 Å². The molecule has 0 bridgehead atoms. The van der Waals surface area contributed by atoms with Crippen molar-refractivity contribution in [1.82, 2.24) is 29.2 Å². The summed E-state index contributed by atoms with van der Waals surface area (Å²) in [5.74, 6) is -0.0114. The van der Waals surface area contributed by atoms with E-state index in [4.69, 9.17) is 4.74 Å². The number of benzene rings is 1. The van der Waals surface area contributed by atoms with Crippen molar-refractivity contribution in [3.05, 3.63) is 53.2 Å². The van der Waals surface area contributed by atoms with Gasteiger partial charge in [0.05, 0.1) is 5.69 Å². The fraction of sp³-hybridized carbons (Fsp3) is 0.435. The molecule has 34 heavy (non-hydrogen) atoms. The monoisotopic (exact) mass is 469 g/mol. The van der Waals surface area contributed by atoms with Gasteiger partial charge in [-0.15, -0.1) is 0 Å². The smallest absolute Gasteiger partial charge is 0.410 e. The van der Waals surface area contributed by atoms with Gasteiger partial charge in [0.15, 0.2) is 0 Å². The quantitative estimate of drug-likeness (QED) is 0.582. The molecular formula is C23H28FN7O3. The van der Waals surface area contributed by atoms with Crippen molar-refractivity contribution in [2.75, 3.05) is 24.5 Å². The lowest BCUT2D eigenvalue weighted by atomic mass is 10.1. The van der Waals surface area contributed by atoms with Gasteiger partial charge >= 0.3 is 11.8 Å². The van der Waals surface area contributed by atoms with Crippen LogP contribution in [0.1, 0.15) is 27.7 Å². The summed E-state index contributed by atoms with van der Waals surface area (Å²) in [6.07, 6.45) is 4.23. The minimum Gasteiger partial charge on any atom is -0.444 e. The van der Waals surface area contributed by atoms with Crippen molar-refractivity contribution in [1.29, 1.82) is 0 Å². The fourth-order valence-corrected chi connectivity index (χ4v) is 3.80. The first-order valence-corrected chi connectivity index (χ1v) is 11.0. The molecule has 3 aromatic rings. The van der Waals surface area contributed by atoms with Crippen LogP contribution in [0, 0.1) is 5.82 Å². The summed E-state index contributed by atoms with van der Waals surface area (Å²) < 4.78 is 22.5. The Hall–Kier alpha value is -3.76. The number of halogens is 1. The Morgan fingerprint density at radius 2 is 1.85 bits per heavy atom. The maximum atomic E-state index is 14.7. The molecule has 0 aliphatic carbocycles. The number of ether oxygens (including phenoxy) is 1. The third-order valence-electron chi connectivity index (χ3n) is 5.54. The molecule has 1 aromatic carbocycles. The minimum absolute atomic E-state index is 0.00152. The van der Waals surface area contributed by atoms with Gasteiger partial charge in [0, 0.05) is 50.7 Å². The van der Waals surface area contributed by atoms with Gasteiger partial charge in [-0.25, -0.2) is 33.2 Å². The number of hydrogen-bond acceptors (Lipinski definition) is 7. The molecule has 10 nitrogen and oxygen atoms in total. The van der Waals surface area contributed by atoms with Crippen molar-refractivity contribution in [2.45, 2.75) is 39.3 Å². The second kappa shape index (κ2) is 8.88. The molecule has 0 radical (unpaired) electrons. The number of hydrogen-bond donors (Lipinski definition) is 0. The third-order valence-corrected chi connectivity index (χ3v) is 5.54. The molecule has 1 fully saturated rings. The number of aryl methyl sites for hydroxylation is 1. The van der Waals surface area contributed by atoms with Crippen molar-refractivity contribution >= 4 is 12.0 Å². The first-order valence-electron chi connectivity index (χ1n) is 11.0. The average molecular weight is 470 g/mol. The van der Waals surface area contributed by atoms with E-state index in [1.165, 1.54) is 25.5 Å². The SMILES string of the molecule is CC1CN(C(=O)OC(C)(C)C)CCN1c1ncc(-c2ccc(-n3cnn(C)c3=O)c(F)c2)cn1. The van der Waals surface area contributed by atoms with Gasteiger partial charge in [-0.05, 0) is 45.4 Å². The number of aromatic nitrogens is 5. The highest BCUT2D eigenvalue weighted by molar-refractivity contribution is 5.69. The highest BCUT2D eigenvalue weighted by Crippen LogP contribution is 2.24. The van der Waals surface area contributed by atoms with Gasteiger partial charge in [0.25, 0.3) is 0 Å². The Balaban J connectivity index is 1.46. The topological polar surface area (TPSA) is 98.4 Å². The van der Waals surface area contributed by atoms with Gasteiger partial charge in [0.2, 0.25) is 5.95 Å². The van der Waals surface area contributed by atoms with Crippen molar-refractivity contribution in [3.63, 3.8) is 0 Å². The minimum atomic E-state index is -0.552. The Morgan fingerprint density at radius 3 is 2.41 bits per heavy atom. The van der Waals surface area contributed by atoms with Crippen LogP contribution in [-0.2, 0) is 11.8 Å². The molecule has 2 aromatic heterocycles. The number of carbonyl (C=O) groups is 1. The first kappa shape index (κ1) is 23.4. The molecule has 180 valence electrons. The van der Waals surface area contributed by atoms with Crippen LogP contribution in [0.5, 0.6) is 0 Å². The van der Waals surface area contributed by atoms with Gasteiger partial charge in [-0.2, -0.15) is 5.10 Å². The molecule has 1 saturated heterocycles. The molecule has 0 N–H and O–H groups in total. The maximum Gasteiger partial charge on any atom is 0.410 e. The van der Waals surface area contributed by atoms with E-state index in [2.05, 4.69) is 15.1 Å². The highest BCUT2D eigenvalue weighted by Gasteiger charge is 2.31. The van der Waals surface area contributed by atoms with Crippen LogP contribution in [-0.4, -0.2) is 66.6 Å². The Kier molecular flexibility index (Phi) is 6.11. The Labute approximate surface area is 196 Å². The zero-order chi connectivity index (χ0) is 24.6. The number of carbonyl (C=O) groups excluding carboxylic acids is 1. The number of piperazine rings is 1. The van der Waals surface area contributed by atoms with E-state index in [1.54, 1.807) is 23.4 Å². The molecule has 1 atom stereocenters. The number of amides is 1. The zero-order valence-electron chi connectivity index (χ0n) is 19.9. The summed E-state index contributed by atoms with van der Waals surface area (Å²) in [5.41, 5.74) is 0.388. The van der Waals surface area contributed by atoms with Crippen molar-refractivity contribution in [3.8, 4) is 16.8 Å². The lowest BCUT2D eigenvalue weighted by Gasteiger charge is -2.40. The number of nitrogens with zero attached hydrogens (tertiary/aromatic N) is 7. The summed E-state index contributed by atoms with van der Waals surface area (Å²) in [4.78, 5) is 37.1. The maximum absolute atomic E-state index is 14.7. The highest BCUT2D eigenvalue weighted by atomic mass is 19.1. The molecule has 1 aliphatic heterocycles. The number of anilines is 1. The molecule has 1 unspecified atom stereocenters. The van der Waals surface area contributed by atoms with Crippen LogP contribution in [0.15, 0.2) is 41.7 Å². The zero-order valence-corrected chi connectivity index (χ0v) is 19.9. The van der Waals surface area contributed by atoms with E-state index in [0.29, 0.717) is 36.7 Å². The third kappa shape index (κ3) is 4.78. The molecule has 0 spiro atoms. The second-order valence-electron chi connectivity index (χ2n) is 9.31. The van der Waals surface area contributed by atoms with E-state index in [0.717, 1.165) is 9.25 Å². The average Bonchev–Trinajstić information content (AvgIpc) is 3.11. The van der Waals surface area contributed by atoms with Crippen LogP contribution in [0.4, 0.5) is 15.1 Å². The molecule has 1 amide bonds. The Morgan fingerprint density at radius 1 is 1.15 bits per heavy atom. The lowest BCUT2D eigenvalue weighted by molar-refractivity contribution is 0.0218. The van der Waals surface area contributed by atoms with Crippen molar-refractivity contribution in [2.24, 2.45) is 7.05 Å². The second-order valence-corrected chi connectivity index (χ2v) is 9.31. The lowest BCUT2D eigenvalue weighted by Crippen LogP contribution is -2.55. The largest absolute Gasteiger partial charge is 0.444 e. The molecule has 11 heteroatoms. The normalized spacial score (nSPS) is 16.6. The van der Waals surface area contributed by atoms with Crippen LogP contribution >= 0.6 is 0 Å². The van der Waals surface area contributed by atoms with Crippen molar-refractivity contribution < 1.29 is 13.9 Å². The predicted molar refractivity (Wildman–Crippen MR) is 124 cm³/mol. The standard InChI is InChI=1S/C23H28FN7O3/c1-15-13-29(22(33)34-23(2,3)4)8-9-30(15)20-25-11-17(12-26-20)16-6-7-19(18(24)10-16)31-14-27-28(5)21(31)32/h6-7,10-12,14-15H,8-9,13H2,1-5H3. The van der Waals surface area contributed by atoms with Crippen LogP contribution < -0.4 is 10.6 Å². The molecule has 4 rings (SSSR count). The summed E-state index contributed by atoms with van der Waals surface area (Å²) >= 11 is 0. The first-order chi connectivity index (χ1) is 16.0. The fourth-order valence-electron chi connectivity index (χ4n) is 3.80. The Bertz CT molecular complexity index is 1250. The summed E-state index contributed by atoms with van der Waals surface area (Å²) in [5, 5.41) is 3.85. The predicted octanol–water partition coefficient (Wildman–Crippen LogP) is 2.61. The van der Waals surface area contributed by atoms with E-state index < -0.39 is 17.1 Å². The molecule has 0 saturated carbocycles. The summed E-state index contributed by atoms with van der Waals surface area (Å²) in [7, 11) is 1.50. The van der Waals surface area contributed by atoms with Crippen LogP contribution in [0.3, 0.4) is 0 Å². The molecule has 3 heterocycles. The summed E-state index contributed by atoms with van der Waals surface area (Å²) in [6.45, 7) is 9.12. The van der Waals surface area contributed by atoms with E-state index in [1.807, 2.05) is 32.6 Å². The van der Waals surface area contributed by atoms with Gasteiger partial charge in [-0.3, -0.25) is 0 Å². The molecular weight excluding hydrogens is 441 g/mol. The number of rotatable bonds is 3. The van der Waals surface area contributed by atoms with Gasteiger partial charge in [-0.1, -0.05) is 6.07 Å². The van der Waals surface area contributed by atoms with Crippen LogP contribution in [0.25, 0.3) is 16.8 Å². The van der Waals surface area contributed by atoms with E-state index >= 15 is 0 Å². The summed E-state index contributed by atoms with van der Waals surface area (Å²) in [6, 6.07) is 4.58. The van der Waals surface area contributed by atoms with E-state index in [-0.39, 0.29) is 17.8 Å². The van der Waals surface area contributed by atoms with E-state index in [9.17, 15) is 14.0 Å². The van der Waals surface area contributed by atoms with Gasteiger partial charge < -0.3 is 14.5 Å². The van der Waals surface area contributed by atoms with Crippen LogP contribution in [0.2, 0.25) is 0 Å².